The molecular formula is C14H20ClFN2. The molecular weight excluding hydrogens is 251 g/mol. The molecule has 1 aromatic rings. The van der Waals surface area contributed by atoms with E-state index >= 15 is 0 Å². The molecule has 1 fully saturated rings. The lowest BCUT2D eigenvalue weighted by Gasteiger charge is -2.34. The first-order valence-corrected chi connectivity index (χ1v) is 6.83. The molecule has 2 nitrogen and oxygen atoms in total. The van der Waals surface area contributed by atoms with Gasteiger partial charge in [0.05, 0.1) is 5.02 Å². The van der Waals surface area contributed by atoms with Gasteiger partial charge in [-0.2, -0.15) is 0 Å². The summed E-state index contributed by atoms with van der Waals surface area (Å²) in [6.07, 6.45) is 5.48. The van der Waals surface area contributed by atoms with Crippen LogP contribution in [-0.2, 0) is 6.42 Å². The fraction of sp³-hybridized carbons (Fsp3) is 0.571. The Morgan fingerprint density at radius 1 is 1.44 bits per heavy atom. The molecule has 0 heterocycles. The lowest BCUT2D eigenvalue weighted by molar-refractivity contribution is 0.220. The number of hydrogen-bond donors (Lipinski definition) is 2. The van der Waals surface area contributed by atoms with Gasteiger partial charge >= 0.3 is 0 Å². The molecule has 0 radical (unpaired) electrons. The zero-order chi connectivity index (χ0) is 13.2. The highest BCUT2D eigenvalue weighted by Crippen LogP contribution is 2.41. The molecule has 1 atom stereocenters. The molecule has 1 unspecified atom stereocenters. The smallest absolute Gasteiger partial charge is 0.142 e. The van der Waals surface area contributed by atoms with Crippen LogP contribution in [0.3, 0.4) is 0 Å². The molecule has 0 saturated heterocycles. The number of rotatable bonds is 4. The summed E-state index contributed by atoms with van der Waals surface area (Å²) in [7, 11) is 0. The van der Waals surface area contributed by atoms with Crippen LogP contribution in [0.1, 0.15) is 38.2 Å². The van der Waals surface area contributed by atoms with Crippen molar-refractivity contribution in [1.82, 2.24) is 5.43 Å². The van der Waals surface area contributed by atoms with Crippen LogP contribution in [0.5, 0.6) is 0 Å². The SMILES string of the molecule is CC1(C(Cc2cccc(F)c2Cl)NN)CCCC1. The van der Waals surface area contributed by atoms with Gasteiger partial charge in [-0.15, -0.1) is 0 Å². The second-order valence-corrected chi connectivity index (χ2v) is 5.88. The van der Waals surface area contributed by atoms with Crippen LogP contribution in [0.2, 0.25) is 5.02 Å². The van der Waals surface area contributed by atoms with Crippen molar-refractivity contribution in [2.45, 2.75) is 45.1 Å². The van der Waals surface area contributed by atoms with Crippen LogP contribution in [0.25, 0.3) is 0 Å². The minimum absolute atomic E-state index is 0.138. The van der Waals surface area contributed by atoms with E-state index in [1.165, 1.54) is 18.9 Å². The van der Waals surface area contributed by atoms with Crippen molar-refractivity contribution in [2.24, 2.45) is 11.3 Å². The first-order chi connectivity index (χ1) is 8.57. The second kappa shape index (κ2) is 5.55. The molecule has 1 aliphatic carbocycles. The van der Waals surface area contributed by atoms with E-state index in [-0.39, 0.29) is 22.3 Å². The van der Waals surface area contributed by atoms with Crippen molar-refractivity contribution < 1.29 is 4.39 Å². The number of nitrogens with two attached hydrogens (primary N) is 1. The van der Waals surface area contributed by atoms with Crippen LogP contribution >= 0.6 is 11.6 Å². The highest BCUT2D eigenvalue weighted by Gasteiger charge is 2.36. The van der Waals surface area contributed by atoms with E-state index in [0.717, 1.165) is 18.4 Å². The van der Waals surface area contributed by atoms with Crippen LogP contribution in [-0.4, -0.2) is 6.04 Å². The molecule has 0 spiro atoms. The van der Waals surface area contributed by atoms with Gasteiger partial charge in [0, 0.05) is 6.04 Å². The molecule has 100 valence electrons. The van der Waals surface area contributed by atoms with Gasteiger partial charge in [-0.05, 0) is 36.3 Å². The molecule has 3 N–H and O–H groups in total. The summed E-state index contributed by atoms with van der Waals surface area (Å²) in [4.78, 5) is 0. The Bertz CT molecular complexity index is 416. The van der Waals surface area contributed by atoms with Crippen LogP contribution in [0, 0.1) is 11.2 Å². The third-order valence-corrected chi connectivity index (χ3v) is 4.67. The standard InChI is InChI=1S/C14H20ClFN2/c1-14(7-2-3-8-14)12(18-17)9-10-5-4-6-11(16)13(10)15/h4-6,12,18H,2-3,7-9,17H2,1H3. The number of benzene rings is 1. The zero-order valence-electron chi connectivity index (χ0n) is 10.7. The minimum Gasteiger partial charge on any atom is -0.271 e. The van der Waals surface area contributed by atoms with Gasteiger partial charge in [0.2, 0.25) is 0 Å². The summed E-state index contributed by atoms with van der Waals surface area (Å²) in [5, 5.41) is 0.222. The van der Waals surface area contributed by atoms with Crippen molar-refractivity contribution >= 4 is 11.6 Å². The summed E-state index contributed by atoms with van der Waals surface area (Å²) in [5.41, 5.74) is 3.91. The van der Waals surface area contributed by atoms with E-state index in [9.17, 15) is 4.39 Å². The highest BCUT2D eigenvalue weighted by atomic mass is 35.5. The van der Waals surface area contributed by atoms with Crippen molar-refractivity contribution in [3.05, 3.63) is 34.6 Å². The summed E-state index contributed by atoms with van der Waals surface area (Å²) in [6, 6.07) is 5.09. The Hall–Kier alpha value is -0.640. The Morgan fingerprint density at radius 3 is 2.72 bits per heavy atom. The minimum atomic E-state index is -0.360. The fourth-order valence-electron chi connectivity index (χ4n) is 2.96. The van der Waals surface area contributed by atoms with Gasteiger partial charge in [-0.25, -0.2) is 4.39 Å². The van der Waals surface area contributed by atoms with E-state index in [1.807, 2.05) is 6.07 Å². The monoisotopic (exact) mass is 270 g/mol. The average Bonchev–Trinajstić information content (AvgIpc) is 2.79. The van der Waals surface area contributed by atoms with Crippen molar-refractivity contribution in [3.63, 3.8) is 0 Å². The van der Waals surface area contributed by atoms with Crippen LogP contribution in [0.15, 0.2) is 18.2 Å². The zero-order valence-corrected chi connectivity index (χ0v) is 11.4. The molecule has 2 rings (SSSR count). The third kappa shape index (κ3) is 2.68. The van der Waals surface area contributed by atoms with Gasteiger partial charge in [0.15, 0.2) is 0 Å². The molecule has 1 saturated carbocycles. The normalized spacial score (nSPS) is 20.0. The summed E-state index contributed by atoms with van der Waals surface area (Å²) in [5.74, 6) is 5.33. The van der Waals surface area contributed by atoms with Crippen LogP contribution < -0.4 is 11.3 Å². The first-order valence-electron chi connectivity index (χ1n) is 6.46. The third-order valence-electron chi connectivity index (χ3n) is 4.24. The molecule has 4 heteroatoms. The molecule has 0 amide bonds. The summed E-state index contributed by atoms with van der Waals surface area (Å²) in [6.45, 7) is 2.25. The van der Waals surface area contributed by atoms with E-state index in [1.54, 1.807) is 6.07 Å². The second-order valence-electron chi connectivity index (χ2n) is 5.50. The van der Waals surface area contributed by atoms with Crippen molar-refractivity contribution in [2.75, 3.05) is 0 Å². The molecule has 18 heavy (non-hydrogen) atoms. The molecule has 1 aliphatic rings. The molecule has 0 aromatic heterocycles. The van der Waals surface area contributed by atoms with E-state index < -0.39 is 0 Å². The van der Waals surface area contributed by atoms with E-state index in [4.69, 9.17) is 17.4 Å². The van der Waals surface area contributed by atoms with Gasteiger partial charge in [0.25, 0.3) is 0 Å². The Kier molecular flexibility index (Phi) is 4.25. The molecule has 0 bridgehead atoms. The molecule has 1 aromatic carbocycles. The Labute approximate surface area is 113 Å². The largest absolute Gasteiger partial charge is 0.271 e. The maximum Gasteiger partial charge on any atom is 0.142 e. The van der Waals surface area contributed by atoms with Gasteiger partial charge < -0.3 is 0 Å². The topological polar surface area (TPSA) is 38.0 Å². The number of halogens is 2. The Morgan fingerprint density at radius 2 is 2.11 bits per heavy atom. The number of nitrogens with one attached hydrogen (secondary N) is 1. The quantitative estimate of drug-likeness (QED) is 0.650. The van der Waals surface area contributed by atoms with Gasteiger partial charge in [-0.1, -0.05) is 43.5 Å². The maximum atomic E-state index is 13.4. The maximum absolute atomic E-state index is 13.4. The molecule has 0 aliphatic heterocycles. The van der Waals surface area contributed by atoms with Gasteiger partial charge in [0.1, 0.15) is 5.82 Å². The average molecular weight is 271 g/mol. The van der Waals surface area contributed by atoms with Gasteiger partial charge in [-0.3, -0.25) is 11.3 Å². The number of hydrogen-bond acceptors (Lipinski definition) is 2. The van der Waals surface area contributed by atoms with Crippen molar-refractivity contribution in [3.8, 4) is 0 Å². The fourth-order valence-corrected chi connectivity index (χ4v) is 3.17. The number of hydrazine groups is 1. The predicted octanol–water partition coefficient (Wildman–Crippen LogP) is 3.43. The lowest BCUT2D eigenvalue weighted by atomic mass is 9.78. The summed E-state index contributed by atoms with van der Waals surface area (Å²) < 4.78 is 13.4. The highest BCUT2D eigenvalue weighted by molar-refractivity contribution is 6.31. The van der Waals surface area contributed by atoms with E-state index in [0.29, 0.717) is 6.42 Å². The van der Waals surface area contributed by atoms with E-state index in [2.05, 4.69) is 12.3 Å². The van der Waals surface area contributed by atoms with Crippen molar-refractivity contribution in [1.29, 1.82) is 0 Å². The lowest BCUT2D eigenvalue weighted by Crippen LogP contribution is -2.47. The summed E-state index contributed by atoms with van der Waals surface area (Å²) >= 11 is 6.00. The Balaban J connectivity index is 2.17. The predicted molar refractivity (Wildman–Crippen MR) is 72.8 cm³/mol. The first kappa shape index (κ1) is 13.8. The van der Waals surface area contributed by atoms with Crippen LogP contribution in [0.4, 0.5) is 4.39 Å².